The van der Waals surface area contributed by atoms with Crippen LogP contribution in [0.1, 0.15) is 25.2 Å². The highest BCUT2D eigenvalue weighted by atomic mass is 16.4. The second-order valence-corrected chi connectivity index (χ2v) is 7.01. The number of nitrogens with two attached hydrogens (primary N) is 1. The molecule has 8 N–H and O–H groups in total. The van der Waals surface area contributed by atoms with Crippen LogP contribution in [0.3, 0.4) is 0 Å². The van der Waals surface area contributed by atoms with Gasteiger partial charge in [-0.05, 0) is 13.8 Å². The number of carbonyl (C=O) groups excluding carboxylic acids is 3. The summed E-state index contributed by atoms with van der Waals surface area (Å²) in [5.41, 5.74) is 6.57. The van der Waals surface area contributed by atoms with E-state index in [4.69, 9.17) is 10.8 Å². The van der Waals surface area contributed by atoms with Crippen LogP contribution < -0.4 is 21.7 Å². The largest absolute Gasteiger partial charge is 0.480 e. The van der Waals surface area contributed by atoms with Crippen LogP contribution in [-0.2, 0) is 32.0 Å². The average Bonchev–Trinajstić information content (AvgIpc) is 3.40. The van der Waals surface area contributed by atoms with Gasteiger partial charge in [-0.25, -0.2) is 9.97 Å². The molecule has 2 aromatic rings. The molecule has 0 unspecified atom stereocenters. The highest BCUT2D eigenvalue weighted by molar-refractivity contribution is 5.94. The fourth-order valence-electron chi connectivity index (χ4n) is 2.59. The zero-order chi connectivity index (χ0) is 23.0. The lowest BCUT2D eigenvalue weighted by Gasteiger charge is -2.23. The lowest BCUT2D eigenvalue weighted by atomic mass is 10.1. The maximum atomic E-state index is 13.0. The van der Waals surface area contributed by atoms with Gasteiger partial charge in [0, 0.05) is 25.2 Å². The normalized spacial score (nSPS) is 14.7. The number of rotatable bonds is 11. The molecule has 31 heavy (non-hydrogen) atoms. The van der Waals surface area contributed by atoms with Crippen molar-refractivity contribution in [3.63, 3.8) is 0 Å². The molecule has 2 aromatic heterocycles. The van der Waals surface area contributed by atoms with Crippen molar-refractivity contribution in [2.75, 3.05) is 0 Å². The molecule has 0 aliphatic heterocycles. The van der Waals surface area contributed by atoms with E-state index in [9.17, 15) is 19.2 Å². The van der Waals surface area contributed by atoms with Crippen molar-refractivity contribution in [1.29, 1.82) is 0 Å². The summed E-state index contributed by atoms with van der Waals surface area (Å²) < 4.78 is 0. The SMILES string of the molecule is C[C@H](N)C(=O)N[C@@H](Cc1c[nH]cn1)C(=O)N[C@@H](Cc1c[nH]cn1)C(=O)N[C@@H](C)C(=O)O. The number of nitrogens with one attached hydrogen (secondary N) is 5. The molecule has 0 saturated carbocycles. The molecule has 0 saturated heterocycles. The Bertz CT molecular complexity index is 881. The fraction of sp³-hybridized carbons (Fsp3) is 0.444. The van der Waals surface area contributed by atoms with E-state index in [0.717, 1.165) is 0 Å². The highest BCUT2D eigenvalue weighted by Crippen LogP contribution is 2.04. The van der Waals surface area contributed by atoms with Crippen molar-refractivity contribution >= 4 is 23.7 Å². The first-order valence-electron chi connectivity index (χ1n) is 9.52. The average molecular weight is 434 g/mol. The van der Waals surface area contributed by atoms with E-state index in [1.54, 1.807) is 12.4 Å². The van der Waals surface area contributed by atoms with Gasteiger partial charge in [-0.2, -0.15) is 0 Å². The van der Waals surface area contributed by atoms with Crippen molar-refractivity contribution in [1.82, 2.24) is 35.9 Å². The lowest BCUT2D eigenvalue weighted by Crippen LogP contribution is -2.57. The first-order valence-corrected chi connectivity index (χ1v) is 9.52. The Morgan fingerprint density at radius 2 is 1.35 bits per heavy atom. The topological polar surface area (TPSA) is 208 Å². The van der Waals surface area contributed by atoms with Gasteiger partial charge in [-0.3, -0.25) is 19.2 Å². The van der Waals surface area contributed by atoms with Gasteiger partial charge in [0.05, 0.1) is 30.1 Å². The Balaban J connectivity index is 2.18. The van der Waals surface area contributed by atoms with Crippen molar-refractivity contribution in [3.8, 4) is 0 Å². The van der Waals surface area contributed by atoms with E-state index in [1.165, 1.54) is 26.5 Å². The Hall–Kier alpha value is -3.74. The fourth-order valence-corrected chi connectivity index (χ4v) is 2.59. The molecule has 0 spiro atoms. The van der Waals surface area contributed by atoms with Gasteiger partial charge in [-0.1, -0.05) is 0 Å². The molecule has 2 heterocycles. The minimum atomic E-state index is -1.22. The molecule has 2 rings (SSSR count). The van der Waals surface area contributed by atoms with Gasteiger partial charge in [0.25, 0.3) is 0 Å². The molecule has 3 amide bonds. The number of aromatic amines is 2. The van der Waals surface area contributed by atoms with E-state index in [0.29, 0.717) is 11.4 Å². The second-order valence-electron chi connectivity index (χ2n) is 7.01. The third kappa shape index (κ3) is 7.22. The first kappa shape index (κ1) is 23.5. The number of hydrogen-bond donors (Lipinski definition) is 7. The zero-order valence-electron chi connectivity index (χ0n) is 17.1. The van der Waals surface area contributed by atoms with Crippen LogP contribution in [0.15, 0.2) is 25.0 Å². The summed E-state index contributed by atoms with van der Waals surface area (Å²) in [5, 5.41) is 16.5. The van der Waals surface area contributed by atoms with E-state index in [2.05, 4.69) is 35.9 Å². The van der Waals surface area contributed by atoms with E-state index in [-0.39, 0.29) is 12.8 Å². The number of hydrogen-bond acceptors (Lipinski definition) is 7. The van der Waals surface area contributed by atoms with Crippen LogP contribution in [0.25, 0.3) is 0 Å². The molecular formula is C18H26N8O5. The number of amides is 3. The highest BCUT2D eigenvalue weighted by Gasteiger charge is 2.30. The Kier molecular flexibility index (Phi) is 8.25. The van der Waals surface area contributed by atoms with Crippen molar-refractivity contribution in [3.05, 3.63) is 36.4 Å². The Morgan fingerprint density at radius 3 is 1.74 bits per heavy atom. The molecule has 13 heteroatoms. The molecule has 4 atom stereocenters. The minimum absolute atomic E-state index is 0.00375. The first-order chi connectivity index (χ1) is 14.7. The number of carbonyl (C=O) groups is 4. The number of carboxylic acids is 1. The maximum Gasteiger partial charge on any atom is 0.325 e. The molecule has 0 aromatic carbocycles. The second kappa shape index (κ2) is 10.9. The Labute approximate surface area is 177 Å². The third-order valence-electron chi connectivity index (χ3n) is 4.34. The quantitative estimate of drug-likeness (QED) is 0.206. The minimum Gasteiger partial charge on any atom is -0.480 e. The summed E-state index contributed by atoms with van der Waals surface area (Å²) in [6.07, 6.45) is 6.01. The molecule has 0 bridgehead atoms. The van der Waals surface area contributed by atoms with E-state index >= 15 is 0 Å². The number of carboxylic acid groups (broad SMARTS) is 1. The summed E-state index contributed by atoms with van der Waals surface area (Å²) in [6.45, 7) is 2.77. The number of aromatic nitrogens is 4. The monoisotopic (exact) mass is 434 g/mol. The number of imidazole rings is 2. The zero-order valence-corrected chi connectivity index (χ0v) is 17.1. The van der Waals surface area contributed by atoms with Crippen molar-refractivity contribution < 1.29 is 24.3 Å². The van der Waals surface area contributed by atoms with E-state index in [1.807, 2.05) is 0 Å². The van der Waals surface area contributed by atoms with Crippen molar-refractivity contribution in [2.45, 2.75) is 50.9 Å². The predicted octanol–water partition coefficient (Wildman–Crippen LogP) is -2.18. The smallest absolute Gasteiger partial charge is 0.325 e. The number of nitrogens with zero attached hydrogens (tertiary/aromatic N) is 2. The predicted molar refractivity (Wildman–Crippen MR) is 107 cm³/mol. The van der Waals surface area contributed by atoms with Crippen LogP contribution in [0.5, 0.6) is 0 Å². The van der Waals surface area contributed by atoms with Crippen LogP contribution in [0.2, 0.25) is 0 Å². The summed E-state index contributed by atoms with van der Waals surface area (Å²) >= 11 is 0. The summed E-state index contributed by atoms with van der Waals surface area (Å²) in [4.78, 5) is 62.3. The molecule has 0 aliphatic carbocycles. The summed E-state index contributed by atoms with van der Waals surface area (Å²) in [5.74, 6) is -3.14. The maximum absolute atomic E-state index is 13.0. The van der Waals surface area contributed by atoms with Crippen LogP contribution >= 0.6 is 0 Å². The summed E-state index contributed by atoms with van der Waals surface area (Å²) in [6, 6.07) is -4.21. The molecule has 13 nitrogen and oxygen atoms in total. The van der Waals surface area contributed by atoms with Gasteiger partial charge >= 0.3 is 5.97 Å². The molecule has 0 fully saturated rings. The Morgan fingerprint density at radius 1 is 0.903 bits per heavy atom. The van der Waals surface area contributed by atoms with Gasteiger partial charge < -0.3 is 36.8 Å². The number of aliphatic carboxylic acids is 1. The molecule has 168 valence electrons. The third-order valence-corrected chi connectivity index (χ3v) is 4.34. The van der Waals surface area contributed by atoms with Gasteiger partial charge in [-0.15, -0.1) is 0 Å². The lowest BCUT2D eigenvalue weighted by molar-refractivity contribution is -0.141. The summed E-state index contributed by atoms with van der Waals surface area (Å²) in [7, 11) is 0. The van der Waals surface area contributed by atoms with Gasteiger partial charge in [0.15, 0.2) is 0 Å². The standard InChI is InChI=1S/C18H26N8O5/c1-9(19)15(27)25-14(4-12-6-21-8-23-12)17(29)26-13(3-11-5-20-7-22-11)16(28)24-10(2)18(30)31/h5-10,13-14H,3-4,19H2,1-2H3,(H,20,22)(H,21,23)(H,24,28)(H,25,27)(H,26,29)(H,30,31)/t9-,10-,13-,14-/m0/s1. The van der Waals surface area contributed by atoms with Gasteiger partial charge in [0.2, 0.25) is 17.7 Å². The van der Waals surface area contributed by atoms with Crippen LogP contribution in [-0.4, -0.2) is 72.9 Å². The van der Waals surface area contributed by atoms with E-state index < -0.39 is 47.9 Å². The van der Waals surface area contributed by atoms with Crippen molar-refractivity contribution in [2.24, 2.45) is 5.73 Å². The molecule has 0 aliphatic rings. The van der Waals surface area contributed by atoms with Crippen LogP contribution in [0, 0.1) is 0 Å². The van der Waals surface area contributed by atoms with Crippen LogP contribution in [0.4, 0.5) is 0 Å². The molecular weight excluding hydrogens is 408 g/mol. The number of H-pyrrole nitrogens is 2. The van der Waals surface area contributed by atoms with Gasteiger partial charge in [0.1, 0.15) is 18.1 Å². The molecule has 0 radical (unpaired) electrons.